The maximum absolute atomic E-state index is 12.6. The number of anilines is 1. The van der Waals surface area contributed by atoms with Gasteiger partial charge in [0.1, 0.15) is 12.2 Å². The van der Waals surface area contributed by atoms with Crippen molar-refractivity contribution in [1.82, 2.24) is 20.1 Å². The number of hydrogen-bond acceptors (Lipinski definition) is 4. The molecule has 2 aromatic rings. The highest BCUT2D eigenvalue weighted by molar-refractivity contribution is 6.31. The normalized spacial score (nSPS) is 10.4. The van der Waals surface area contributed by atoms with E-state index < -0.39 is 0 Å². The van der Waals surface area contributed by atoms with E-state index in [0.717, 1.165) is 18.7 Å². The zero-order valence-electron chi connectivity index (χ0n) is 12.1. The zero-order chi connectivity index (χ0) is 15.2. The number of carbonyl (C=O) groups excluding carboxylic acids is 1. The van der Waals surface area contributed by atoms with Gasteiger partial charge in [0.25, 0.3) is 5.91 Å². The quantitative estimate of drug-likeness (QED) is 0.860. The largest absolute Gasteiger partial charge is 0.384 e. The molecule has 0 bridgehead atoms. The van der Waals surface area contributed by atoms with Gasteiger partial charge in [-0.25, -0.2) is 4.98 Å². The van der Waals surface area contributed by atoms with Crippen molar-refractivity contribution >= 4 is 23.2 Å². The molecule has 0 radical (unpaired) electrons. The molecular formula is C14H18ClN5O. The Morgan fingerprint density at radius 3 is 2.95 bits per heavy atom. The first-order valence-corrected chi connectivity index (χ1v) is 7.12. The van der Waals surface area contributed by atoms with Crippen LogP contribution in [0.4, 0.5) is 5.69 Å². The predicted molar refractivity (Wildman–Crippen MR) is 82.4 cm³/mol. The molecule has 1 aromatic heterocycles. The minimum Gasteiger partial charge on any atom is -0.384 e. The lowest BCUT2D eigenvalue weighted by Crippen LogP contribution is -2.27. The van der Waals surface area contributed by atoms with Crippen LogP contribution >= 0.6 is 11.6 Å². The van der Waals surface area contributed by atoms with Gasteiger partial charge in [0.2, 0.25) is 0 Å². The summed E-state index contributed by atoms with van der Waals surface area (Å²) in [5.41, 5.74) is 1.34. The first kappa shape index (κ1) is 15.3. The van der Waals surface area contributed by atoms with Gasteiger partial charge in [0, 0.05) is 24.3 Å². The van der Waals surface area contributed by atoms with E-state index >= 15 is 0 Å². The van der Waals surface area contributed by atoms with Crippen LogP contribution in [0.2, 0.25) is 5.02 Å². The number of H-pyrrole nitrogens is 1. The molecule has 0 aliphatic heterocycles. The third-order valence-corrected chi connectivity index (χ3v) is 3.21. The molecule has 0 saturated heterocycles. The topological polar surface area (TPSA) is 73.9 Å². The summed E-state index contributed by atoms with van der Waals surface area (Å²) in [6.07, 6.45) is 2.39. The van der Waals surface area contributed by atoms with E-state index in [1.54, 1.807) is 24.1 Å². The molecule has 112 valence electrons. The molecule has 0 aliphatic carbocycles. The van der Waals surface area contributed by atoms with E-state index in [4.69, 9.17) is 11.6 Å². The van der Waals surface area contributed by atoms with Gasteiger partial charge in [-0.3, -0.25) is 9.89 Å². The monoisotopic (exact) mass is 307 g/mol. The highest BCUT2D eigenvalue weighted by atomic mass is 35.5. The molecule has 1 amide bonds. The third-order valence-electron chi connectivity index (χ3n) is 2.98. The van der Waals surface area contributed by atoms with Crippen LogP contribution in [0.15, 0.2) is 24.5 Å². The summed E-state index contributed by atoms with van der Waals surface area (Å²) in [6.45, 7) is 3.23. The van der Waals surface area contributed by atoms with Crippen LogP contribution < -0.4 is 5.32 Å². The minimum absolute atomic E-state index is 0.118. The van der Waals surface area contributed by atoms with Gasteiger partial charge < -0.3 is 10.2 Å². The highest BCUT2D eigenvalue weighted by Crippen LogP contribution is 2.22. The van der Waals surface area contributed by atoms with Gasteiger partial charge in [-0.1, -0.05) is 18.5 Å². The van der Waals surface area contributed by atoms with Crippen LogP contribution in [0, 0.1) is 0 Å². The first-order chi connectivity index (χ1) is 10.1. The Labute approximate surface area is 128 Å². The van der Waals surface area contributed by atoms with Crippen LogP contribution in [-0.2, 0) is 6.54 Å². The van der Waals surface area contributed by atoms with E-state index in [1.165, 1.54) is 6.33 Å². The van der Waals surface area contributed by atoms with Crippen LogP contribution in [0.25, 0.3) is 0 Å². The number of aromatic amines is 1. The minimum atomic E-state index is -0.118. The molecule has 2 rings (SSSR count). The molecule has 21 heavy (non-hydrogen) atoms. The van der Waals surface area contributed by atoms with Crippen molar-refractivity contribution in [1.29, 1.82) is 0 Å². The second-order valence-electron chi connectivity index (χ2n) is 4.71. The number of amides is 1. The molecule has 0 aliphatic rings. The van der Waals surface area contributed by atoms with Crippen LogP contribution in [0.3, 0.4) is 0 Å². The molecule has 0 atom stereocenters. The lowest BCUT2D eigenvalue weighted by molar-refractivity contribution is 0.0782. The number of nitrogens with zero attached hydrogens (tertiary/aromatic N) is 3. The van der Waals surface area contributed by atoms with Crippen molar-refractivity contribution < 1.29 is 4.79 Å². The fraction of sp³-hybridized carbons (Fsp3) is 0.357. The summed E-state index contributed by atoms with van der Waals surface area (Å²) >= 11 is 6.02. The van der Waals surface area contributed by atoms with Crippen molar-refractivity contribution in [3.63, 3.8) is 0 Å². The third kappa shape index (κ3) is 3.95. The predicted octanol–water partition coefficient (Wildman–Crippen LogP) is 2.55. The maximum Gasteiger partial charge on any atom is 0.256 e. The number of halogens is 1. The number of nitrogens with one attached hydrogen (secondary N) is 2. The first-order valence-electron chi connectivity index (χ1n) is 6.75. The number of aromatic nitrogens is 3. The van der Waals surface area contributed by atoms with E-state index in [2.05, 4.69) is 27.4 Å². The van der Waals surface area contributed by atoms with Crippen molar-refractivity contribution in [2.45, 2.75) is 19.9 Å². The Bertz CT molecular complexity index is 599. The maximum atomic E-state index is 12.6. The fourth-order valence-electron chi connectivity index (χ4n) is 1.92. The van der Waals surface area contributed by atoms with Crippen LogP contribution in [0.5, 0.6) is 0 Å². The summed E-state index contributed by atoms with van der Waals surface area (Å²) in [5.74, 6) is 0.517. The molecule has 1 aromatic carbocycles. The standard InChI is InChI=1S/C14H18ClN5O/c1-3-6-16-12-5-4-10(15)7-11(12)14(21)20(2)8-13-17-9-18-19-13/h4-5,7,9,16H,3,6,8H2,1-2H3,(H,17,18,19). The summed E-state index contributed by atoms with van der Waals surface area (Å²) in [4.78, 5) is 18.2. The van der Waals surface area contributed by atoms with E-state index in [1.807, 2.05) is 6.07 Å². The van der Waals surface area contributed by atoms with Crippen molar-refractivity contribution in [3.8, 4) is 0 Å². The molecule has 6 nitrogen and oxygen atoms in total. The Kier molecular flexibility index (Phi) is 5.16. The Balaban J connectivity index is 2.18. The fourth-order valence-corrected chi connectivity index (χ4v) is 2.09. The summed E-state index contributed by atoms with van der Waals surface area (Å²) < 4.78 is 0. The van der Waals surface area contributed by atoms with E-state index in [-0.39, 0.29) is 5.91 Å². The van der Waals surface area contributed by atoms with Crippen molar-refractivity contribution in [2.75, 3.05) is 18.9 Å². The summed E-state index contributed by atoms with van der Waals surface area (Å²) in [6, 6.07) is 5.28. The molecule has 7 heteroatoms. The second-order valence-corrected chi connectivity index (χ2v) is 5.15. The summed E-state index contributed by atoms with van der Waals surface area (Å²) in [5, 5.41) is 10.3. The van der Waals surface area contributed by atoms with Gasteiger partial charge >= 0.3 is 0 Å². The number of carbonyl (C=O) groups is 1. The van der Waals surface area contributed by atoms with Crippen LogP contribution in [-0.4, -0.2) is 39.6 Å². The molecule has 1 heterocycles. The van der Waals surface area contributed by atoms with Gasteiger partial charge in [0.15, 0.2) is 0 Å². The Morgan fingerprint density at radius 2 is 2.29 bits per heavy atom. The number of benzene rings is 1. The molecule has 0 spiro atoms. The molecule has 0 saturated carbocycles. The van der Waals surface area contributed by atoms with Gasteiger partial charge in [0.05, 0.1) is 12.1 Å². The van der Waals surface area contributed by atoms with Crippen LogP contribution in [0.1, 0.15) is 29.5 Å². The summed E-state index contributed by atoms with van der Waals surface area (Å²) in [7, 11) is 1.72. The lowest BCUT2D eigenvalue weighted by atomic mass is 10.1. The van der Waals surface area contributed by atoms with Crippen molar-refractivity contribution in [3.05, 3.63) is 40.9 Å². The smallest absolute Gasteiger partial charge is 0.256 e. The lowest BCUT2D eigenvalue weighted by Gasteiger charge is -2.18. The average Bonchev–Trinajstić information content (AvgIpc) is 2.98. The van der Waals surface area contributed by atoms with Gasteiger partial charge in [-0.05, 0) is 24.6 Å². The molecular weight excluding hydrogens is 290 g/mol. The number of rotatable bonds is 6. The zero-order valence-corrected chi connectivity index (χ0v) is 12.8. The average molecular weight is 308 g/mol. The molecule has 0 fully saturated rings. The Morgan fingerprint density at radius 1 is 1.48 bits per heavy atom. The Hall–Kier alpha value is -2.08. The molecule has 0 unspecified atom stereocenters. The second kappa shape index (κ2) is 7.08. The van der Waals surface area contributed by atoms with E-state index in [0.29, 0.717) is 23.0 Å². The van der Waals surface area contributed by atoms with Crippen molar-refractivity contribution in [2.24, 2.45) is 0 Å². The van der Waals surface area contributed by atoms with E-state index in [9.17, 15) is 4.79 Å². The highest BCUT2D eigenvalue weighted by Gasteiger charge is 2.17. The number of hydrogen-bond donors (Lipinski definition) is 2. The van der Waals surface area contributed by atoms with Gasteiger partial charge in [-0.2, -0.15) is 5.10 Å². The van der Waals surface area contributed by atoms with Gasteiger partial charge in [-0.15, -0.1) is 0 Å². The SMILES string of the molecule is CCCNc1ccc(Cl)cc1C(=O)N(C)Cc1ncn[nH]1. The molecule has 2 N–H and O–H groups in total.